The van der Waals surface area contributed by atoms with Gasteiger partial charge in [0.15, 0.2) is 0 Å². The van der Waals surface area contributed by atoms with Gasteiger partial charge in [-0.2, -0.15) is 0 Å². The molecule has 0 aromatic heterocycles. The smallest absolute Gasteiger partial charge is 0.225 e. The van der Waals surface area contributed by atoms with Crippen molar-refractivity contribution in [3.8, 4) is 0 Å². The maximum atomic E-state index is 12.5. The van der Waals surface area contributed by atoms with Crippen molar-refractivity contribution < 1.29 is 14.7 Å². The summed E-state index contributed by atoms with van der Waals surface area (Å²) in [7, 11) is 0. The highest BCUT2D eigenvalue weighted by atomic mass is 16.3. The van der Waals surface area contributed by atoms with Crippen LogP contribution in [0.25, 0.3) is 0 Å². The summed E-state index contributed by atoms with van der Waals surface area (Å²) in [6.45, 7) is 14.6. The molecule has 2 saturated heterocycles. The monoisotopic (exact) mass is 420 g/mol. The first kappa shape index (κ1) is 22.0. The zero-order valence-corrected chi connectivity index (χ0v) is 19.3. The predicted octanol–water partition coefficient (Wildman–Crippen LogP) is 1.01. The summed E-state index contributed by atoms with van der Waals surface area (Å²) >= 11 is 0. The Morgan fingerprint density at radius 1 is 0.767 bits per heavy atom. The number of hydrogen-bond donors (Lipinski definition) is 1. The standard InChI is InChI=1S/C23H40N4O3/c1-22(2)15-24(20(29)17-5-6-17)9-11-26(22)13-19(28)14-27-12-10-25(16-23(27,3)4)21(30)18-7-8-18/h17-19,28H,5-16H2,1-4H3. The molecule has 170 valence electrons. The number of hydrogen-bond acceptors (Lipinski definition) is 5. The molecule has 1 N–H and O–H groups in total. The van der Waals surface area contributed by atoms with Crippen molar-refractivity contribution in [2.75, 3.05) is 52.4 Å². The van der Waals surface area contributed by atoms with Crippen LogP contribution in [0.4, 0.5) is 0 Å². The molecular formula is C23H40N4O3. The minimum atomic E-state index is -0.445. The lowest BCUT2D eigenvalue weighted by Gasteiger charge is -2.50. The third kappa shape index (κ3) is 4.83. The molecule has 0 bridgehead atoms. The highest BCUT2D eigenvalue weighted by Crippen LogP contribution is 2.34. The van der Waals surface area contributed by atoms with Crippen LogP contribution in [0, 0.1) is 11.8 Å². The molecular weight excluding hydrogens is 380 g/mol. The molecule has 0 aromatic rings. The quantitative estimate of drug-likeness (QED) is 0.695. The molecule has 2 heterocycles. The third-order valence-electron chi connectivity index (χ3n) is 7.49. The fourth-order valence-corrected chi connectivity index (χ4v) is 5.18. The average Bonchev–Trinajstić information content (AvgIpc) is 3.55. The molecule has 4 rings (SSSR count). The molecule has 4 fully saturated rings. The molecule has 0 radical (unpaired) electrons. The minimum absolute atomic E-state index is 0.130. The average molecular weight is 421 g/mol. The van der Waals surface area contributed by atoms with E-state index in [-0.39, 0.29) is 22.9 Å². The Morgan fingerprint density at radius 2 is 1.13 bits per heavy atom. The maximum Gasteiger partial charge on any atom is 0.225 e. The molecule has 4 aliphatic rings. The van der Waals surface area contributed by atoms with Crippen LogP contribution in [-0.4, -0.2) is 106 Å². The van der Waals surface area contributed by atoms with E-state index in [1.54, 1.807) is 0 Å². The van der Waals surface area contributed by atoms with E-state index >= 15 is 0 Å². The number of nitrogens with zero attached hydrogens (tertiary/aromatic N) is 4. The van der Waals surface area contributed by atoms with Gasteiger partial charge in [0.2, 0.25) is 11.8 Å². The number of β-amino-alcohol motifs (C(OH)–C–C–N with tert-alkyl or cyclic N) is 1. The molecule has 7 nitrogen and oxygen atoms in total. The van der Waals surface area contributed by atoms with Crippen molar-refractivity contribution >= 4 is 11.8 Å². The van der Waals surface area contributed by atoms with Crippen molar-refractivity contribution in [2.24, 2.45) is 11.8 Å². The largest absolute Gasteiger partial charge is 0.390 e. The van der Waals surface area contributed by atoms with Crippen molar-refractivity contribution in [2.45, 2.75) is 70.6 Å². The maximum absolute atomic E-state index is 12.5. The Balaban J connectivity index is 1.28. The van der Waals surface area contributed by atoms with Gasteiger partial charge in [0.1, 0.15) is 0 Å². The molecule has 0 unspecified atom stereocenters. The number of rotatable bonds is 6. The van der Waals surface area contributed by atoms with Gasteiger partial charge in [0.05, 0.1) is 6.10 Å². The van der Waals surface area contributed by atoms with E-state index in [1.807, 2.05) is 9.80 Å². The van der Waals surface area contributed by atoms with Crippen LogP contribution in [-0.2, 0) is 9.59 Å². The number of aliphatic hydroxyl groups is 1. The van der Waals surface area contributed by atoms with Crippen molar-refractivity contribution in [1.29, 1.82) is 0 Å². The van der Waals surface area contributed by atoms with Crippen molar-refractivity contribution in [1.82, 2.24) is 19.6 Å². The number of amides is 2. The lowest BCUT2D eigenvalue weighted by atomic mass is 9.96. The van der Waals surface area contributed by atoms with Gasteiger partial charge >= 0.3 is 0 Å². The molecule has 30 heavy (non-hydrogen) atoms. The van der Waals surface area contributed by atoms with E-state index in [9.17, 15) is 14.7 Å². The fourth-order valence-electron chi connectivity index (χ4n) is 5.18. The molecule has 2 saturated carbocycles. The van der Waals surface area contributed by atoms with Crippen LogP contribution >= 0.6 is 0 Å². The van der Waals surface area contributed by atoms with E-state index in [0.29, 0.717) is 24.9 Å². The molecule has 0 spiro atoms. The van der Waals surface area contributed by atoms with Gasteiger partial charge in [-0.3, -0.25) is 19.4 Å². The molecule has 0 aromatic carbocycles. The first-order chi connectivity index (χ1) is 14.1. The molecule has 7 heteroatoms. The van der Waals surface area contributed by atoms with Crippen molar-refractivity contribution in [3.63, 3.8) is 0 Å². The van der Waals surface area contributed by atoms with E-state index in [4.69, 9.17) is 0 Å². The van der Waals surface area contributed by atoms with E-state index in [1.165, 1.54) is 0 Å². The minimum Gasteiger partial charge on any atom is -0.390 e. The Hall–Kier alpha value is -1.18. The molecule has 2 amide bonds. The van der Waals surface area contributed by atoms with Crippen LogP contribution in [0.1, 0.15) is 53.4 Å². The van der Waals surface area contributed by atoms with E-state index in [0.717, 1.165) is 65.0 Å². The Labute approximate surface area is 181 Å². The lowest BCUT2D eigenvalue weighted by Crippen LogP contribution is -2.64. The summed E-state index contributed by atoms with van der Waals surface area (Å²) in [6.07, 6.45) is 3.75. The summed E-state index contributed by atoms with van der Waals surface area (Å²) in [5.74, 6) is 1.18. The van der Waals surface area contributed by atoms with Crippen LogP contribution in [0.3, 0.4) is 0 Å². The van der Waals surface area contributed by atoms with Gasteiger partial charge in [0, 0.05) is 75.3 Å². The number of piperazine rings is 2. The van der Waals surface area contributed by atoms with Gasteiger partial charge < -0.3 is 14.9 Å². The molecule has 2 aliphatic carbocycles. The highest BCUT2D eigenvalue weighted by Gasteiger charge is 2.43. The first-order valence-electron chi connectivity index (χ1n) is 11.8. The second-order valence-electron chi connectivity index (χ2n) is 11.2. The van der Waals surface area contributed by atoms with Crippen molar-refractivity contribution in [3.05, 3.63) is 0 Å². The van der Waals surface area contributed by atoms with Crippen LogP contribution in [0.2, 0.25) is 0 Å². The second kappa shape index (κ2) is 8.06. The van der Waals surface area contributed by atoms with E-state index in [2.05, 4.69) is 37.5 Å². The first-order valence-corrected chi connectivity index (χ1v) is 11.8. The third-order valence-corrected chi connectivity index (χ3v) is 7.49. The van der Waals surface area contributed by atoms with Gasteiger partial charge in [0.25, 0.3) is 0 Å². The SMILES string of the molecule is CC1(C)CN(C(=O)C2CC2)CCN1CC(O)CN1CCN(C(=O)C2CC2)CC1(C)C. The summed E-state index contributed by atoms with van der Waals surface area (Å²) < 4.78 is 0. The van der Waals surface area contributed by atoms with Gasteiger partial charge in [-0.1, -0.05) is 0 Å². The zero-order chi connectivity index (χ0) is 21.7. The number of aliphatic hydroxyl groups excluding tert-OH is 1. The number of carbonyl (C=O) groups excluding carboxylic acids is 2. The van der Waals surface area contributed by atoms with Crippen LogP contribution in [0.15, 0.2) is 0 Å². The summed E-state index contributed by atoms with van der Waals surface area (Å²) in [5.41, 5.74) is -0.261. The highest BCUT2D eigenvalue weighted by molar-refractivity contribution is 5.81. The molecule has 2 aliphatic heterocycles. The van der Waals surface area contributed by atoms with E-state index < -0.39 is 6.10 Å². The fraction of sp³-hybridized carbons (Fsp3) is 0.913. The number of carbonyl (C=O) groups is 2. The summed E-state index contributed by atoms with van der Waals surface area (Å²) in [4.78, 5) is 33.6. The summed E-state index contributed by atoms with van der Waals surface area (Å²) in [5, 5.41) is 10.9. The molecule has 0 atom stereocenters. The van der Waals surface area contributed by atoms with Crippen LogP contribution in [0.5, 0.6) is 0 Å². The normalized spacial score (nSPS) is 27.5. The second-order valence-corrected chi connectivity index (χ2v) is 11.2. The van der Waals surface area contributed by atoms with Gasteiger partial charge in [-0.25, -0.2) is 0 Å². The Morgan fingerprint density at radius 3 is 1.43 bits per heavy atom. The lowest BCUT2D eigenvalue weighted by molar-refractivity contribution is -0.138. The Kier molecular flexibility index (Phi) is 5.92. The topological polar surface area (TPSA) is 67.3 Å². The van der Waals surface area contributed by atoms with Gasteiger partial charge in [-0.15, -0.1) is 0 Å². The summed E-state index contributed by atoms with van der Waals surface area (Å²) in [6, 6.07) is 0. The Bertz CT molecular complexity index is 615. The predicted molar refractivity (Wildman–Crippen MR) is 116 cm³/mol. The van der Waals surface area contributed by atoms with Gasteiger partial charge in [-0.05, 0) is 53.4 Å². The van der Waals surface area contributed by atoms with Crippen LogP contribution < -0.4 is 0 Å². The zero-order valence-electron chi connectivity index (χ0n) is 19.3.